The molecule has 2 aromatic heterocycles. The van der Waals surface area contributed by atoms with E-state index in [1.807, 2.05) is 0 Å². The van der Waals surface area contributed by atoms with Crippen LogP contribution in [0, 0.1) is 0 Å². The fourth-order valence-electron chi connectivity index (χ4n) is 10.2. The van der Waals surface area contributed by atoms with Crippen LogP contribution in [0.2, 0.25) is 0 Å². The fourth-order valence-corrected chi connectivity index (χ4v) is 11.3. The van der Waals surface area contributed by atoms with Gasteiger partial charge < -0.3 is 14.4 Å². The van der Waals surface area contributed by atoms with E-state index < -0.39 is 0 Å². The van der Waals surface area contributed by atoms with Crippen molar-refractivity contribution in [1.82, 2.24) is 9.55 Å². The van der Waals surface area contributed by atoms with Crippen LogP contribution in [0.5, 0.6) is 0 Å². The van der Waals surface area contributed by atoms with Crippen molar-refractivity contribution in [3.05, 3.63) is 279 Å². The number of rotatable bonds is 11. The predicted molar refractivity (Wildman–Crippen MR) is 305 cm³/mol. The summed E-state index contributed by atoms with van der Waals surface area (Å²) in [5, 5.41) is 3.47. The standard InChI is InChI=1S/C67H46N4S/c1-6-18-52(19-7-1)69(53-20-8-2-9-21-53)57-39-34-48(35-40-57)59-43-44-60(49-36-41-58(42-37-49)70(54-22-10-3-11-23-54)55-24-12-4-13-25-55)66-65(59)68-67(72-66)50-32-30-47(31-33-50)51-38-45-64-62(46-51)61-28-16-17-29-63(61)71(64)56-26-14-5-15-27-56/h1-46H. The van der Waals surface area contributed by atoms with Crippen molar-refractivity contribution in [3.63, 3.8) is 0 Å². The second-order valence-electron chi connectivity index (χ2n) is 18.0. The van der Waals surface area contributed by atoms with Gasteiger partial charge in [0.25, 0.3) is 0 Å². The molecule has 0 unspecified atom stereocenters. The van der Waals surface area contributed by atoms with Crippen molar-refractivity contribution in [2.45, 2.75) is 0 Å². The predicted octanol–water partition coefficient (Wildman–Crippen LogP) is 19.0. The number of nitrogens with zero attached hydrogens (tertiary/aromatic N) is 4. The summed E-state index contributed by atoms with van der Waals surface area (Å²) in [6, 6.07) is 99.8. The SMILES string of the molecule is c1ccc(N(c2ccccc2)c2ccc(-c3ccc(-c4ccc(N(c5ccccc5)c5ccccc5)cc4)c4sc(-c5ccc(-c6ccc7c(c6)c6ccccc6n7-c6ccccc6)cc5)nc34)cc2)cc1. The van der Waals surface area contributed by atoms with E-state index in [1.165, 1.54) is 32.9 Å². The highest BCUT2D eigenvalue weighted by molar-refractivity contribution is 7.22. The zero-order valence-electron chi connectivity index (χ0n) is 39.3. The van der Waals surface area contributed by atoms with E-state index >= 15 is 0 Å². The molecule has 13 rings (SSSR count). The topological polar surface area (TPSA) is 24.3 Å². The summed E-state index contributed by atoms with van der Waals surface area (Å²) in [5.74, 6) is 0. The summed E-state index contributed by atoms with van der Waals surface area (Å²) in [6.07, 6.45) is 0. The zero-order valence-corrected chi connectivity index (χ0v) is 40.1. The van der Waals surface area contributed by atoms with Crippen LogP contribution in [0.3, 0.4) is 0 Å². The first-order valence-electron chi connectivity index (χ1n) is 24.4. The van der Waals surface area contributed by atoms with Crippen LogP contribution >= 0.6 is 11.3 Å². The van der Waals surface area contributed by atoms with Gasteiger partial charge >= 0.3 is 0 Å². The van der Waals surface area contributed by atoms with Crippen LogP contribution in [0.4, 0.5) is 34.1 Å². The Kier molecular flexibility index (Phi) is 11.0. The Morgan fingerprint density at radius 1 is 0.306 bits per heavy atom. The minimum atomic E-state index is 0.985. The molecule has 0 aliphatic rings. The molecule has 13 aromatic rings. The minimum Gasteiger partial charge on any atom is -0.311 e. The molecule has 5 heteroatoms. The molecular weight excluding hydrogens is 893 g/mol. The summed E-state index contributed by atoms with van der Waals surface area (Å²) < 4.78 is 3.52. The maximum atomic E-state index is 5.53. The van der Waals surface area contributed by atoms with Crippen LogP contribution in [-0.2, 0) is 0 Å². The van der Waals surface area contributed by atoms with Gasteiger partial charge in [0.05, 0.1) is 21.3 Å². The molecule has 0 amide bonds. The Morgan fingerprint density at radius 2 is 0.708 bits per heavy atom. The Hall–Kier alpha value is -9.29. The van der Waals surface area contributed by atoms with Crippen LogP contribution in [0.15, 0.2) is 279 Å². The third kappa shape index (κ3) is 7.88. The number of anilines is 6. The van der Waals surface area contributed by atoms with Crippen molar-refractivity contribution < 1.29 is 0 Å². The lowest BCUT2D eigenvalue weighted by Gasteiger charge is -2.25. The number of fused-ring (bicyclic) bond motifs is 4. The maximum absolute atomic E-state index is 5.53. The Bertz CT molecular complexity index is 3740. The Morgan fingerprint density at radius 3 is 1.25 bits per heavy atom. The number of hydrogen-bond acceptors (Lipinski definition) is 4. The van der Waals surface area contributed by atoms with Crippen molar-refractivity contribution >= 4 is 77.5 Å². The molecule has 0 saturated heterocycles. The molecule has 0 aliphatic carbocycles. The lowest BCUT2D eigenvalue weighted by molar-refractivity contribution is 1.18. The van der Waals surface area contributed by atoms with Gasteiger partial charge in [-0.05, 0) is 125 Å². The number of thiazole rings is 1. The molecule has 0 aliphatic heterocycles. The molecular formula is C67H46N4S. The molecule has 0 bridgehead atoms. The first-order valence-corrected chi connectivity index (χ1v) is 25.2. The summed E-state index contributed by atoms with van der Waals surface area (Å²) in [7, 11) is 0. The zero-order chi connectivity index (χ0) is 47.8. The molecule has 0 atom stereocenters. The highest BCUT2D eigenvalue weighted by Gasteiger charge is 2.20. The van der Waals surface area contributed by atoms with Gasteiger partial charge in [0.2, 0.25) is 0 Å². The highest BCUT2D eigenvalue weighted by Crippen LogP contribution is 2.44. The van der Waals surface area contributed by atoms with Gasteiger partial charge in [0, 0.05) is 67.3 Å². The second kappa shape index (κ2) is 18.6. The number of benzene rings is 11. The lowest BCUT2D eigenvalue weighted by atomic mass is 9.98. The van der Waals surface area contributed by atoms with E-state index in [4.69, 9.17) is 4.98 Å². The first kappa shape index (κ1) is 42.8. The molecule has 0 spiro atoms. The van der Waals surface area contributed by atoms with E-state index in [0.29, 0.717) is 0 Å². The molecule has 0 fully saturated rings. The first-order chi connectivity index (χ1) is 35.7. The van der Waals surface area contributed by atoms with Crippen LogP contribution in [-0.4, -0.2) is 9.55 Å². The van der Waals surface area contributed by atoms with Gasteiger partial charge in [0.1, 0.15) is 5.01 Å². The molecule has 0 radical (unpaired) electrons. The fraction of sp³-hybridized carbons (Fsp3) is 0. The molecule has 72 heavy (non-hydrogen) atoms. The summed E-state index contributed by atoms with van der Waals surface area (Å²) in [5.41, 5.74) is 19.1. The summed E-state index contributed by atoms with van der Waals surface area (Å²) in [6.45, 7) is 0. The quantitative estimate of drug-likeness (QED) is 0.129. The van der Waals surface area contributed by atoms with Gasteiger partial charge in [-0.25, -0.2) is 4.98 Å². The number of hydrogen-bond donors (Lipinski definition) is 0. The van der Waals surface area contributed by atoms with Crippen molar-refractivity contribution in [1.29, 1.82) is 0 Å². The smallest absolute Gasteiger partial charge is 0.124 e. The van der Waals surface area contributed by atoms with Gasteiger partial charge in [-0.15, -0.1) is 11.3 Å². The Labute approximate surface area is 423 Å². The van der Waals surface area contributed by atoms with Gasteiger partial charge in [-0.2, -0.15) is 0 Å². The molecule has 0 N–H and O–H groups in total. The minimum absolute atomic E-state index is 0.985. The highest BCUT2D eigenvalue weighted by atomic mass is 32.1. The van der Waals surface area contributed by atoms with Gasteiger partial charge in [-0.1, -0.05) is 176 Å². The molecule has 0 saturated carbocycles. The normalized spacial score (nSPS) is 11.3. The van der Waals surface area contributed by atoms with Crippen molar-refractivity contribution in [3.8, 4) is 49.6 Å². The maximum Gasteiger partial charge on any atom is 0.124 e. The largest absolute Gasteiger partial charge is 0.311 e. The number of para-hydroxylation sites is 6. The van der Waals surface area contributed by atoms with E-state index in [2.05, 4.69) is 293 Å². The van der Waals surface area contributed by atoms with Crippen LogP contribution in [0.1, 0.15) is 0 Å². The Balaban J connectivity index is 0.894. The summed E-state index contributed by atoms with van der Waals surface area (Å²) >= 11 is 1.76. The van der Waals surface area contributed by atoms with Gasteiger partial charge in [-0.3, -0.25) is 0 Å². The van der Waals surface area contributed by atoms with Crippen LogP contribution in [0.25, 0.3) is 81.7 Å². The lowest BCUT2D eigenvalue weighted by Crippen LogP contribution is -2.09. The monoisotopic (exact) mass is 938 g/mol. The van der Waals surface area contributed by atoms with Crippen molar-refractivity contribution in [2.75, 3.05) is 9.80 Å². The van der Waals surface area contributed by atoms with E-state index in [0.717, 1.165) is 82.9 Å². The second-order valence-corrected chi connectivity index (χ2v) is 19.0. The summed E-state index contributed by atoms with van der Waals surface area (Å²) in [4.78, 5) is 10.1. The number of aromatic nitrogens is 2. The van der Waals surface area contributed by atoms with Crippen LogP contribution < -0.4 is 9.80 Å². The molecule has 340 valence electrons. The van der Waals surface area contributed by atoms with E-state index in [1.54, 1.807) is 11.3 Å². The average molecular weight is 939 g/mol. The van der Waals surface area contributed by atoms with E-state index in [-0.39, 0.29) is 0 Å². The average Bonchev–Trinajstić information content (AvgIpc) is 4.05. The van der Waals surface area contributed by atoms with Gasteiger partial charge in [0.15, 0.2) is 0 Å². The van der Waals surface area contributed by atoms with Crippen molar-refractivity contribution in [2.24, 2.45) is 0 Å². The third-order valence-electron chi connectivity index (χ3n) is 13.6. The molecule has 4 nitrogen and oxygen atoms in total. The van der Waals surface area contributed by atoms with E-state index in [9.17, 15) is 0 Å². The molecule has 11 aromatic carbocycles. The molecule has 2 heterocycles. The third-order valence-corrected chi connectivity index (χ3v) is 14.8.